The van der Waals surface area contributed by atoms with Crippen LogP contribution in [-0.2, 0) is 22.3 Å². The van der Waals surface area contributed by atoms with Crippen LogP contribution >= 0.6 is 27.3 Å². The van der Waals surface area contributed by atoms with Crippen molar-refractivity contribution >= 4 is 27.3 Å². The van der Waals surface area contributed by atoms with Gasteiger partial charge < -0.3 is 9.47 Å². The van der Waals surface area contributed by atoms with Crippen molar-refractivity contribution in [3.63, 3.8) is 0 Å². The number of methoxy groups -OCH3 is 2. The Morgan fingerprint density at radius 1 is 1.16 bits per heavy atom. The first-order chi connectivity index (χ1) is 9.22. The van der Waals surface area contributed by atoms with Gasteiger partial charge in [-0.1, -0.05) is 30.3 Å². The molecule has 0 unspecified atom stereocenters. The number of rotatable bonds is 6. The normalized spacial score (nSPS) is 11.2. The lowest BCUT2D eigenvalue weighted by Crippen LogP contribution is -2.15. The largest absolute Gasteiger partial charge is 0.356 e. The van der Waals surface area contributed by atoms with Crippen LogP contribution in [0.5, 0.6) is 0 Å². The van der Waals surface area contributed by atoms with E-state index in [0.717, 1.165) is 17.3 Å². The summed E-state index contributed by atoms with van der Waals surface area (Å²) < 4.78 is 11.6. The van der Waals surface area contributed by atoms with Gasteiger partial charge >= 0.3 is 0 Å². The Labute approximate surface area is 126 Å². The fraction of sp³-hybridized carbons (Fsp3) is 0.333. The molecular weight excluding hydrogens is 324 g/mol. The molecule has 19 heavy (non-hydrogen) atoms. The van der Waals surface area contributed by atoms with Crippen molar-refractivity contribution in [1.82, 2.24) is 0 Å². The number of halogens is 1. The third-order valence-corrected chi connectivity index (χ3v) is 5.03. The van der Waals surface area contributed by atoms with Crippen molar-refractivity contribution in [3.05, 3.63) is 56.2 Å². The molecule has 0 radical (unpaired) electrons. The van der Waals surface area contributed by atoms with Gasteiger partial charge in [-0.15, -0.1) is 11.3 Å². The quantitative estimate of drug-likeness (QED) is 0.731. The molecule has 1 aromatic carbocycles. The van der Waals surface area contributed by atoms with Crippen LogP contribution < -0.4 is 0 Å². The fourth-order valence-electron chi connectivity index (χ4n) is 1.90. The monoisotopic (exact) mass is 340 g/mol. The van der Waals surface area contributed by atoms with Gasteiger partial charge in [-0.2, -0.15) is 0 Å². The van der Waals surface area contributed by atoms with Crippen molar-refractivity contribution in [2.24, 2.45) is 0 Å². The molecular formula is C15H17BrO2S. The lowest BCUT2D eigenvalue weighted by Gasteiger charge is -2.11. The molecule has 0 spiro atoms. The van der Waals surface area contributed by atoms with Gasteiger partial charge in [0.25, 0.3) is 0 Å². The van der Waals surface area contributed by atoms with E-state index in [0.29, 0.717) is 0 Å². The number of benzene rings is 1. The number of thiophene rings is 1. The second-order valence-electron chi connectivity index (χ2n) is 4.25. The van der Waals surface area contributed by atoms with Gasteiger partial charge in [0.2, 0.25) is 0 Å². The Morgan fingerprint density at radius 2 is 1.84 bits per heavy atom. The Bertz CT molecular complexity index is 506. The topological polar surface area (TPSA) is 18.5 Å². The predicted molar refractivity (Wildman–Crippen MR) is 82.8 cm³/mol. The van der Waals surface area contributed by atoms with Crippen LogP contribution in [0.25, 0.3) is 0 Å². The van der Waals surface area contributed by atoms with Gasteiger partial charge in [-0.25, -0.2) is 0 Å². The molecule has 1 heterocycles. The van der Waals surface area contributed by atoms with E-state index in [-0.39, 0.29) is 6.29 Å². The van der Waals surface area contributed by atoms with Crippen molar-refractivity contribution < 1.29 is 9.47 Å². The minimum atomic E-state index is -0.181. The molecule has 2 rings (SSSR count). The molecule has 0 aliphatic carbocycles. The molecule has 0 fully saturated rings. The van der Waals surface area contributed by atoms with Gasteiger partial charge in [0.1, 0.15) is 0 Å². The van der Waals surface area contributed by atoms with E-state index in [4.69, 9.17) is 9.47 Å². The third-order valence-electron chi connectivity index (χ3n) is 2.91. The first kappa shape index (κ1) is 14.7. The Hall–Kier alpha value is -0.680. The summed E-state index contributed by atoms with van der Waals surface area (Å²) in [5, 5.41) is 0. The zero-order valence-electron chi connectivity index (χ0n) is 11.1. The second-order valence-corrected chi connectivity index (χ2v) is 6.33. The molecule has 0 atom stereocenters. The highest BCUT2D eigenvalue weighted by atomic mass is 79.9. The SMILES string of the molecule is COC(Cc1sc(Cc2ccccc2)cc1Br)OC. The van der Waals surface area contributed by atoms with Crippen LogP contribution in [0, 0.1) is 0 Å². The highest BCUT2D eigenvalue weighted by Gasteiger charge is 2.13. The molecule has 0 aliphatic rings. The fourth-order valence-corrected chi connectivity index (χ4v) is 3.84. The summed E-state index contributed by atoms with van der Waals surface area (Å²) in [6.07, 6.45) is 1.56. The van der Waals surface area contributed by atoms with Gasteiger partial charge in [0.05, 0.1) is 0 Å². The van der Waals surface area contributed by atoms with Gasteiger partial charge in [-0.3, -0.25) is 0 Å². The zero-order valence-corrected chi connectivity index (χ0v) is 13.5. The number of hydrogen-bond acceptors (Lipinski definition) is 3. The van der Waals surface area contributed by atoms with Gasteiger partial charge in [-0.05, 0) is 27.6 Å². The summed E-state index contributed by atoms with van der Waals surface area (Å²) in [7, 11) is 3.33. The highest BCUT2D eigenvalue weighted by Crippen LogP contribution is 2.30. The maximum atomic E-state index is 5.25. The molecule has 0 saturated heterocycles. The highest BCUT2D eigenvalue weighted by molar-refractivity contribution is 9.10. The van der Waals surface area contributed by atoms with Crippen LogP contribution in [0.4, 0.5) is 0 Å². The van der Waals surface area contributed by atoms with Gasteiger partial charge in [0.15, 0.2) is 6.29 Å². The maximum Gasteiger partial charge on any atom is 0.161 e. The van der Waals surface area contributed by atoms with Crippen molar-refractivity contribution in [3.8, 4) is 0 Å². The molecule has 0 N–H and O–H groups in total. The summed E-state index contributed by atoms with van der Waals surface area (Å²) in [4.78, 5) is 2.61. The summed E-state index contributed by atoms with van der Waals surface area (Å²) in [6, 6.07) is 12.7. The average Bonchev–Trinajstić information content (AvgIpc) is 2.77. The Morgan fingerprint density at radius 3 is 2.47 bits per heavy atom. The smallest absolute Gasteiger partial charge is 0.161 e. The summed E-state index contributed by atoms with van der Waals surface area (Å²) in [5.74, 6) is 0. The molecule has 0 saturated carbocycles. The van der Waals surface area contributed by atoms with Gasteiger partial charge in [0, 0.05) is 41.3 Å². The van der Waals surface area contributed by atoms with E-state index < -0.39 is 0 Å². The molecule has 102 valence electrons. The summed E-state index contributed by atoms with van der Waals surface area (Å²) >= 11 is 5.42. The summed E-state index contributed by atoms with van der Waals surface area (Å²) in [5.41, 5.74) is 1.33. The van der Waals surface area contributed by atoms with Crippen molar-refractivity contribution in [1.29, 1.82) is 0 Å². The van der Waals surface area contributed by atoms with E-state index in [1.54, 1.807) is 25.6 Å². The Balaban J connectivity index is 2.08. The van der Waals surface area contributed by atoms with Crippen LogP contribution in [0.3, 0.4) is 0 Å². The van der Waals surface area contributed by atoms with Crippen molar-refractivity contribution in [2.75, 3.05) is 14.2 Å². The Kier molecular flexibility index (Phi) is 5.58. The zero-order chi connectivity index (χ0) is 13.7. The molecule has 2 nitrogen and oxygen atoms in total. The van der Waals surface area contributed by atoms with E-state index >= 15 is 0 Å². The number of ether oxygens (including phenoxy) is 2. The van der Waals surface area contributed by atoms with Crippen molar-refractivity contribution in [2.45, 2.75) is 19.1 Å². The van der Waals surface area contributed by atoms with E-state index in [2.05, 4.69) is 46.3 Å². The van der Waals surface area contributed by atoms with Crippen LogP contribution in [0.2, 0.25) is 0 Å². The van der Waals surface area contributed by atoms with E-state index in [9.17, 15) is 0 Å². The maximum absolute atomic E-state index is 5.25. The lowest BCUT2D eigenvalue weighted by molar-refractivity contribution is -0.0999. The molecule has 1 aromatic heterocycles. The van der Waals surface area contributed by atoms with Crippen LogP contribution in [0.15, 0.2) is 40.9 Å². The molecule has 0 aliphatic heterocycles. The molecule has 0 amide bonds. The molecule has 4 heteroatoms. The lowest BCUT2D eigenvalue weighted by atomic mass is 10.1. The minimum Gasteiger partial charge on any atom is -0.356 e. The second kappa shape index (κ2) is 7.20. The number of hydrogen-bond donors (Lipinski definition) is 0. The molecule has 2 aromatic rings. The molecule has 0 bridgehead atoms. The van der Waals surface area contributed by atoms with E-state index in [1.165, 1.54) is 15.3 Å². The first-order valence-corrected chi connectivity index (χ1v) is 7.70. The average molecular weight is 341 g/mol. The van der Waals surface area contributed by atoms with E-state index in [1.807, 2.05) is 6.07 Å². The van der Waals surface area contributed by atoms with Crippen LogP contribution in [-0.4, -0.2) is 20.5 Å². The van der Waals surface area contributed by atoms with Crippen LogP contribution in [0.1, 0.15) is 15.3 Å². The first-order valence-electron chi connectivity index (χ1n) is 6.09. The predicted octanol–water partition coefficient (Wildman–Crippen LogP) is 4.26. The minimum absolute atomic E-state index is 0.181. The third kappa shape index (κ3) is 4.14. The standard InChI is InChI=1S/C15H17BrO2S/c1-17-15(18-2)10-14-13(16)9-12(19-14)8-11-6-4-3-5-7-11/h3-7,9,15H,8,10H2,1-2H3. The summed E-state index contributed by atoms with van der Waals surface area (Å²) in [6.45, 7) is 0.